The molecule has 0 saturated heterocycles. The molecule has 25 heavy (non-hydrogen) atoms. The van der Waals surface area contributed by atoms with Crippen LogP contribution in [0.5, 0.6) is 0 Å². The number of rotatable bonds is 5. The summed E-state index contributed by atoms with van der Waals surface area (Å²) in [5.41, 5.74) is 1.92. The summed E-state index contributed by atoms with van der Waals surface area (Å²) in [6.45, 7) is 3.42. The molecule has 0 aliphatic rings. The van der Waals surface area contributed by atoms with Crippen LogP contribution >= 0.6 is 34.8 Å². The molecule has 0 aliphatic heterocycles. The van der Waals surface area contributed by atoms with Gasteiger partial charge >= 0.3 is 0 Å². The van der Waals surface area contributed by atoms with Crippen LogP contribution in [0.3, 0.4) is 0 Å². The van der Waals surface area contributed by atoms with E-state index >= 15 is 0 Å². The number of nitrogens with one attached hydrogen (secondary N) is 1. The molecule has 2 aromatic carbocycles. The minimum Gasteiger partial charge on any atom is -0.326 e. The highest BCUT2D eigenvalue weighted by molar-refractivity contribution is 6.44. The van der Waals surface area contributed by atoms with Gasteiger partial charge in [-0.15, -0.1) is 0 Å². The first-order valence-electron chi connectivity index (χ1n) is 7.58. The summed E-state index contributed by atoms with van der Waals surface area (Å²) >= 11 is 18.2. The van der Waals surface area contributed by atoms with Crippen molar-refractivity contribution < 1.29 is 9.59 Å². The molecule has 0 atom stereocenters. The molecule has 0 aromatic heterocycles. The highest BCUT2D eigenvalue weighted by atomic mass is 35.5. The Balaban J connectivity index is 2.09. The molecule has 1 N–H and O–H groups in total. The highest BCUT2D eigenvalue weighted by Crippen LogP contribution is 2.32. The molecule has 7 heteroatoms. The zero-order chi connectivity index (χ0) is 18.6. The number of hydrogen-bond acceptors (Lipinski definition) is 2. The second kappa shape index (κ2) is 8.56. The molecule has 0 unspecified atom stereocenters. The van der Waals surface area contributed by atoms with Crippen molar-refractivity contribution in [3.8, 4) is 0 Å². The third-order valence-corrected chi connectivity index (χ3v) is 4.92. The first-order chi connectivity index (χ1) is 11.8. The van der Waals surface area contributed by atoms with E-state index in [4.69, 9.17) is 34.8 Å². The lowest BCUT2D eigenvalue weighted by atomic mass is 10.2. The number of hydrogen-bond donors (Lipinski definition) is 1. The van der Waals surface area contributed by atoms with Gasteiger partial charge in [-0.25, -0.2) is 0 Å². The van der Waals surface area contributed by atoms with Crippen LogP contribution in [-0.4, -0.2) is 18.4 Å². The fraction of sp³-hybridized carbons (Fsp3) is 0.222. The van der Waals surface area contributed by atoms with Crippen molar-refractivity contribution in [3.63, 3.8) is 0 Å². The average molecular weight is 400 g/mol. The molecule has 0 spiro atoms. The van der Waals surface area contributed by atoms with Gasteiger partial charge in [0.05, 0.1) is 15.7 Å². The number of halogens is 3. The zero-order valence-electron chi connectivity index (χ0n) is 13.8. The summed E-state index contributed by atoms with van der Waals surface area (Å²) in [5, 5.41) is 4.01. The summed E-state index contributed by atoms with van der Waals surface area (Å²) in [5.74, 6) is -0.453. The number of benzene rings is 2. The van der Waals surface area contributed by atoms with E-state index in [0.29, 0.717) is 21.4 Å². The van der Waals surface area contributed by atoms with Crippen molar-refractivity contribution in [3.05, 3.63) is 57.0 Å². The fourth-order valence-electron chi connectivity index (χ4n) is 2.32. The van der Waals surface area contributed by atoms with Crippen LogP contribution in [0.25, 0.3) is 0 Å². The van der Waals surface area contributed by atoms with Crippen molar-refractivity contribution in [2.45, 2.75) is 20.3 Å². The van der Waals surface area contributed by atoms with Gasteiger partial charge in [0.1, 0.15) is 0 Å². The first kappa shape index (κ1) is 19.6. The topological polar surface area (TPSA) is 49.4 Å². The molecule has 0 saturated carbocycles. The second-order valence-electron chi connectivity index (χ2n) is 5.45. The predicted molar refractivity (Wildman–Crippen MR) is 104 cm³/mol. The third kappa shape index (κ3) is 4.88. The molecule has 2 aromatic rings. The SMILES string of the molecule is CC(=O)N(CCC(=O)Nc1cccc(Cl)c1C)c1cccc(Cl)c1Cl. The van der Waals surface area contributed by atoms with E-state index in [1.54, 1.807) is 36.4 Å². The summed E-state index contributed by atoms with van der Waals surface area (Å²) in [6, 6.07) is 10.3. The van der Waals surface area contributed by atoms with Crippen LogP contribution < -0.4 is 10.2 Å². The smallest absolute Gasteiger partial charge is 0.226 e. The van der Waals surface area contributed by atoms with Crippen molar-refractivity contribution in [2.24, 2.45) is 0 Å². The lowest BCUT2D eigenvalue weighted by Crippen LogP contribution is -2.32. The Morgan fingerprint density at radius 1 is 1.04 bits per heavy atom. The van der Waals surface area contributed by atoms with Gasteiger partial charge in [0.25, 0.3) is 0 Å². The Kier molecular flexibility index (Phi) is 6.71. The number of nitrogens with zero attached hydrogens (tertiary/aromatic N) is 1. The zero-order valence-corrected chi connectivity index (χ0v) is 16.0. The summed E-state index contributed by atoms with van der Waals surface area (Å²) in [7, 11) is 0. The van der Waals surface area contributed by atoms with Crippen LogP contribution in [0.1, 0.15) is 18.9 Å². The van der Waals surface area contributed by atoms with E-state index in [1.807, 2.05) is 6.92 Å². The second-order valence-corrected chi connectivity index (χ2v) is 6.65. The lowest BCUT2D eigenvalue weighted by molar-refractivity contribution is -0.117. The summed E-state index contributed by atoms with van der Waals surface area (Å²) in [6.07, 6.45) is 0.106. The van der Waals surface area contributed by atoms with Gasteiger partial charge in [-0.3, -0.25) is 9.59 Å². The van der Waals surface area contributed by atoms with Crippen molar-refractivity contribution in [1.29, 1.82) is 0 Å². The predicted octanol–water partition coefficient (Wildman–Crippen LogP) is 5.34. The molecule has 2 rings (SSSR count). The van der Waals surface area contributed by atoms with E-state index in [2.05, 4.69) is 5.32 Å². The van der Waals surface area contributed by atoms with Crippen LogP contribution in [0, 0.1) is 6.92 Å². The Bertz CT molecular complexity index is 809. The molecule has 0 aliphatic carbocycles. The molecule has 0 heterocycles. The summed E-state index contributed by atoms with van der Waals surface area (Å²) < 4.78 is 0. The largest absolute Gasteiger partial charge is 0.326 e. The average Bonchev–Trinajstić information content (AvgIpc) is 2.55. The third-order valence-electron chi connectivity index (χ3n) is 3.71. The molecule has 0 fully saturated rings. The van der Waals surface area contributed by atoms with Gasteiger partial charge in [-0.1, -0.05) is 46.9 Å². The molecule has 4 nitrogen and oxygen atoms in total. The molecular weight excluding hydrogens is 383 g/mol. The van der Waals surface area contributed by atoms with Crippen LogP contribution in [0.2, 0.25) is 15.1 Å². The number of anilines is 2. The normalized spacial score (nSPS) is 10.4. The van der Waals surface area contributed by atoms with Gasteiger partial charge in [0, 0.05) is 30.6 Å². The highest BCUT2D eigenvalue weighted by Gasteiger charge is 2.18. The van der Waals surface area contributed by atoms with Crippen LogP contribution in [-0.2, 0) is 9.59 Å². The maximum Gasteiger partial charge on any atom is 0.226 e. The van der Waals surface area contributed by atoms with Crippen molar-refractivity contribution >= 4 is 58.0 Å². The Morgan fingerprint density at radius 3 is 2.36 bits per heavy atom. The lowest BCUT2D eigenvalue weighted by Gasteiger charge is -2.22. The number of amides is 2. The van der Waals surface area contributed by atoms with Crippen molar-refractivity contribution in [1.82, 2.24) is 0 Å². The first-order valence-corrected chi connectivity index (χ1v) is 8.71. The number of carbonyl (C=O) groups excluding carboxylic acids is 2. The van der Waals surface area contributed by atoms with E-state index in [0.717, 1.165) is 5.56 Å². The molecule has 0 radical (unpaired) electrons. The fourth-order valence-corrected chi connectivity index (χ4v) is 2.89. The maximum atomic E-state index is 12.2. The van der Waals surface area contributed by atoms with Crippen LogP contribution in [0.15, 0.2) is 36.4 Å². The minimum absolute atomic E-state index is 0.106. The standard InChI is InChI=1S/C18H17Cl3N2O2/c1-11-13(19)5-3-7-15(11)22-17(25)9-10-23(12(2)24)16-8-4-6-14(20)18(16)21/h3-8H,9-10H2,1-2H3,(H,22,25). The van der Waals surface area contributed by atoms with Gasteiger partial charge < -0.3 is 10.2 Å². The maximum absolute atomic E-state index is 12.2. The number of carbonyl (C=O) groups is 2. The quantitative estimate of drug-likeness (QED) is 0.738. The molecule has 132 valence electrons. The molecule has 2 amide bonds. The Morgan fingerprint density at radius 2 is 1.68 bits per heavy atom. The van der Waals surface area contributed by atoms with E-state index < -0.39 is 0 Å². The minimum atomic E-state index is -0.227. The molecular formula is C18H17Cl3N2O2. The van der Waals surface area contributed by atoms with Gasteiger partial charge in [0.15, 0.2) is 0 Å². The van der Waals surface area contributed by atoms with Crippen LogP contribution in [0.4, 0.5) is 11.4 Å². The monoisotopic (exact) mass is 398 g/mol. The van der Waals surface area contributed by atoms with Crippen molar-refractivity contribution in [2.75, 3.05) is 16.8 Å². The Labute approximate surface area is 161 Å². The van der Waals surface area contributed by atoms with Gasteiger partial charge in [-0.2, -0.15) is 0 Å². The van der Waals surface area contributed by atoms with E-state index in [1.165, 1.54) is 11.8 Å². The van der Waals surface area contributed by atoms with E-state index in [-0.39, 0.29) is 29.8 Å². The summed E-state index contributed by atoms with van der Waals surface area (Å²) in [4.78, 5) is 25.6. The molecule has 0 bridgehead atoms. The van der Waals surface area contributed by atoms with Gasteiger partial charge in [0.2, 0.25) is 11.8 Å². The van der Waals surface area contributed by atoms with E-state index in [9.17, 15) is 9.59 Å². The Hall–Kier alpha value is -1.75. The van der Waals surface area contributed by atoms with Gasteiger partial charge in [-0.05, 0) is 36.8 Å².